The van der Waals surface area contributed by atoms with Crippen LogP contribution in [0.5, 0.6) is 23.1 Å². The van der Waals surface area contributed by atoms with Crippen molar-refractivity contribution >= 4 is 16.9 Å². The van der Waals surface area contributed by atoms with E-state index in [-0.39, 0.29) is 17.7 Å². The van der Waals surface area contributed by atoms with Gasteiger partial charge < -0.3 is 23.9 Å². The summed E-state index contributed by atoms with van der Waals surface area (Å²) in [5.41, 5.74) is 3.29. The maximum absolute atomic E-state index is 13.8. The highest BCUT2D eigenvalue weighted by Crippen LogP contribution is 2.45. The predicted molar refractivity (Wildman–Crippen MR) is 134 cm³/mol. The Morgan fingerprint density at radius 1 is 1.11 bits per heavy atom. The minimum absolute atomic E-state index is 0.0144. The van der Waals surface area contributed by atoms with E-state index >= 15 is 0 Å². The van der Waals surface area contributed by atoms with Crippen molar-refractivity contribution in [1.29, 1.82) is 0 Å². The number of aromatic nitrogens is 2. The topological polar surface area (TPSA) is 99.9 Å². The zero-order valence-electron chi connectivity index (χ0n) is 20.3. The molecule has 0 saturated carbocycles. The normalized spacial score (nSPS) is 14.0. The summed E-state index contributed by atoms with van der Waals surface area (Å²) < 4.78 is 18.1. The van der Waals surface area contributed by atoms with Crippen LogP contribution in [0.4, 0.5) is 0 Å². The summed E-state index contributed by atoms with van der Waals surface area (Å²) in [4.78, 5) is 30.9. The number of phenolic OH excluding ortho intramolecular Hbond substituents is 1. The Morgan fingerprint density at radius 2 is 1.89 bits per heavy atom. The Balaban J connectivity index is 1.60. The molecule has 1 N–H and O–H groups in total. The molecule has 1 aliphatic rings. The van der Waals surface area contributed by atoms with E-state index in [2.05, 4.69) is 4.98 Å². The van der Waals surface area contributed by atoms with Crippen molar-refractivity contribution < 1.29 is 24.1 Å². The van der Waals surface area contributed by atoms with Gasteiger partial charge in [-0.3, -0.25) is 9.59 Å². The van der Waals surface area contributed by atoms with Crippen LogP contribution in [0.2, 0.25) is 0 Å². The fourth-order valence-electron chi connectivity index (χ4n) is 4.67. The fourth-order valence-corrected chi connectivity index (χ4v) is 4.67. The maximum Gasteiger partial charge on any atom is 0.306 e. The lowest BCUT2D eigenvalue weighted by atomic mass is 9.86. The third-order valence-electron chi connectivity index (χ3n) is 6.61. The van der Waals surface area contributed by atoms with Crippen LogP contribution in [0, 0.1) is 6.92 Å². The average molecular weight is 487 g/mol. The number of aromatic hydroxyl groups is 1. The molecule has 0 amide bonds. The monoisotopic (exact) mass is 486 g/mol. The number of esters is 1. The number of fused-ring (bicyclic) bond motifs is 3. The van der Waals surface area contributed by atoms with Gasteiger partial charge in [0.25, 0.3) is 5.56 Å². The van der Waals surface area contributed by atoms with E-state index in [9.17, 15) is 14.7 Å². The molecular formula is C28H26N2O6. The van der Waals surface area contributed by atoms with E-state index in [1.54, 1.807) is 23.8 Å². The summed E-state index contributed by atoms with van der Waals surface area (Å²) in [5, 5.41) is 10.4. The van der Waals surface area contributed by atoms with Gasteiger partial charge in [-0.15, -0.1) is 0 Å². The van der Waals surface area contributed by atoms with Crippen molar-refractivity contribution in [2.24, 2.45) is 0 Å². The molecular weight excluding hydrogens is 460 g/mol. The number of rotatable bonds is 6. The van der Waals surface area contributed by atoms with E-state index in [0.717, 1.165) is 16.6 Å². The van der Waals surface area contributed by atoms with Crippen molar-refractivity contribution in [1.82, 2.24) is 9.55 Å². The van der Waals surface area contributed by atoms with Gasteiger partial charge in [0.15, 0.2) is 0 Å². The molecule has 0 fully saturated rings. The number of aryl methyl sites for hydroxylation is 2. The molecule has 2 aromatic carbocycles. The molecule has 5 rings (SSSR count). The van der Waals surface area contributed by atoms with Gasteiger partial charge in [-0.2, -0.15) is 0 Å². The maximum atomic E-state index is 13.8. The van der Waals surface area contributed by atoms with Crippen molar-refractivity contribution in [3.8, 4) is 23.1 Å². The third-order valence-corrected chi connectivity index (χ3v) is 6.61. The zero-order valence-corrected chi connectivity index (χ0v) is 20.3. The molecule has 1 aliphatic heterocycles. The minimum Gasteiger partial charge on any atom is -0.508 e. The molecule has 0 bridgehead atoms. The van der Waals surface area contributed by atoms with Gasteiger partial charge in [0.2, 0.25) is 5.88 Å². The van der Waals surface area contributed by atoms with E-state index < -0.39 is 11.9 Å². The Morgan fingerprint density at radius 3 is 2.61 bits per heavy atom. The fraction of sp³-hybridized carbons (Fsp3) is 0.250. The van der Waals surface area contributed by atoms with E-state index in [0.29, 0.717) is 47.0 Å². The zero-order chi connectivity index (χ0) is 25.4. The number of nitrogens with zero attached hydrogens (tertiary/aromatic N) is 2. The number of benzene rings is 2. The molecule has 184 valence electrons. The Hall–Kier alpha value is -4.33. The van der Waals surface area contributed by atoms with Crippen LogP contribution in [-0.4, -0.2) is 34.8 Å². The summed E-state index contributed by atoms with van der Waals surface area (Å²) in [7, 11) is 2.92. The van der Waals surface area contributed by atoms with Gasteiger partial charge in [-0.05, 0) is 49.2 Å². The standard InChI is InChI=1S/C28H26N2O6/c1-16-12-24-26(28(33)30(16)11-10-17-4-7-19(31)8-5-17)21(15-25(32)35-3)22-13-18-6-9-20(34-2)14-23(18)29-27(22)36-24/h4-9,12-14,21,31H,10-11,15H2,1-3H3/t21-/m1/s1. The number of ether oxygens (including phenoxy) is 3. The van der Waals surface area contributed by atoms with Gasteiger partial charge in [-0.1, -0.05) is 12.1 Å². The number of pyridine rings is 2. The molecule has 8 heteroatoms. The van der Waals surface area contributed by atoms with Crippen LogP contribution in [-0.2, 0) is 22.5 Å². The molecule has 36 heavy (non-hydrogen) atoms. The molecule has 3 heterocycles. The number of phenols is 1. The molecule has 1 atom stereocenters. The summed E-state index contributed by atoms with van der Waals surface area (Å²) in [6.07, 6.45) is 0.590. The first kappa shape index (κ1) is 23.4. The second kappa shape index (κ2) is 9.37. The van der Waals surface area contributed by atoms with Gasteiger partial charge in [0.1, 0.15) is 17.2 Å². The first-order valence-electron chi connectivity index (χ1n) is 11.6. The molecule has 0 radical (unpaired) electrons. The Bertz CT molecular complexity index is 1520. The number of methoxy groups -OCH3 is 2. The van der Waals surface area contributed by atoms with Gasteiger partial charge in [0, 0.05) is 41.2 Å². The molecule has 0 unspecified atom stereocenters. The second-order valence-electron chi connectivity index (χ2n) is 8.81. The van der Waals surface area contributed by atoms with Gasteiger partial charge in [-0.25, -0.2) is 4.98 Å². The highest BCUT2D eigenvalue weighted by Gasteiger charge is 2.34. The minimum atomic E-state index is -0.566. The molecule has 0 saturated heterocycles. The largest absolute Gasteiger partial charge is 0.508 e. The second-order valence-corrected chi connectivity index (χ2v) is 8.81. The summed E-state index contributed by atoms with van der Waals surface area (Å²) in [6, 6.07) is 16.2. The number of carbonyl (C=O) groups excluding carboxylic acids is 1. The van der Waals surface area contributed by atoms with Crippen LogP contribution in [0.3, 0.4) is 0 Å². The number of hydrogen-bond acceptors (Lipinski definition) is 7. The van der Waals surface area contributed by atoms with E-state index in [1.165, 1.54) is 7.11 Å². The summed E-state index contributed by atoms with van der Waals surface area (Å²) in [5.74, 6) is 0.631. The molecule has 8 nitrogen and oxygen atoms in total. The van der Waals surface area contributed by atoms with Crippen LogP contribution in [0.1, 0.15) is 34.7 Å². The van der Waals surface area contributed by atoms with Crippen LogP contribution in [0.25, 0.3) is 10.9 Å². The lowest BCUT2D eigenvalue weighted by Crippen LogP contribution is -2.31. The Kier molecular flexibility index (Phi) is 6.10. The molecule has 0 aliphatic carbocycles. The highest BCUT2D eigenvalue weighted by atomic mass is 16.5. The summed E-state index contributed by atoms with van der Waals surface area (Å²) in [6.45, 7) is 2.29. The van der Waals surface area contributed by atoms with Crippen LogP contribution >= 0.6 is 0 Å². The van der Waals surface area contributed by atoms with Crippen molar-refractivity contribution in [2.75, 3.05) is 14.2 Å². The van der Waals surface area contributed by atoms with Crippen molar-refractivity contribution in [2.45, 2.75) is 32.2 Å². The Labute approximate surface area is 207 Å². The number of carbonyl (C=O) groups is 1. The van der Waals surface area contributed by atoms with Crippen LogP contribution in [0.15, 0.2) is 59.4 Å². The van der Waals surface area contributed by atoms with Crippen molar-refractivity contribution in [3.63, 3.8) is 0 Å². The third kappa shape index (κ3) is 4.26. The summed E-state index contributed by atoms with van der Waals surface area (Å²) >= 11 is 0. The molecule has 2 aromatic heterocycles. The first-order chi connectivity index (χ1) is 17.4. The molecule has 4 aromatic rings. The van der Waals surface area contributed by atoms with E-state index in [4.69, 9.17) is 14.2 Å². The van der Waals surface area contributed by atoms with Gasteiger partial charge >= 0.3 is 5.97 Å². The van der Waals surface area contributed by atoms with Crippen molar-refractivity contribution in [3.05, 3.63) is 87.3 Å². The highest BCUT2D eigenvalue weighted by molar-refractivity contribution is 5.83. The lowest BCUT2D eigenvalue weighted by Gasteiger charge is -2.28. The van der Waals surface area contributed by atoms with Gasteiger partial charge in [0.05, 0.1) is 31.7 Å². The van der Waals surface area contributed by atoms with E-state index in [1.807, 2.05) is 49.4 Å². The first-order valence-corrected chi connectivity index (χ1v) is 11.6. The average Bonchev–Trinajstić information content (AvgIpc) is 2.87. The smallest absolute Gasteiger partial charge is 0.306 e. The SMILES string of the molecule is COC(=O)C[C@@H]1c2cc3ccc(OC)cc3nc2Oc2cc(C)n(CCc3ccc(O)cc3)c(=O)c21. The predicted octanol–water partition coefficient (Wildman–Crippen LogP) is 4.46. The number of hydrogen-bond donors (Lipinski definition) is 1. The quantitative estimate of drug-likeness (QED) is 0.402. The van der Waals surface area contributed by atoms with Crippen LogP contribution < -0.4 is 15.0 Å². The lowest BCUT2D eigenvalue weighted by molar-refractivity contribution is -0.140. The molecule has 0 spiro atoms.